The molecular formula is C19H21N5O3S2. The second-order valence-corrected chi connectivity index (χ2v) is 7.69. The molecular weight excluding hydrogens is 410 g/mol. The number of nitrogens with zero attached hydrogens (tertiary/aromatic N) is 4. The van der Waals surface area contributed by atoms with Gasteiger partial charge in [-0.2, -0.15) is 0 Å². The molecule has 0 aliphatic rings. The molecule has 1 amide bonds. The number of carbonyl (C=O) groups is 1. The van der Waals surface area contributed by atoms with Gasteiger partial charge in [0.1, 0.15) is 11.5 Å². The van der Waals surface area contributed by atoms with Gasteiger partial charge in [0.25, 0.3) is 0 Å². The van der Waals surface area contributed by atoms with Gasteiger partial charge in [0, 0.05) is 24.2 Å². The fraction of sp³-hybridized carbons (Fsp3) is 0.263. The Morgan fingerprint density at radius 3 is 2.97 bits per heavy atom. The van der Waals surface area contributed by atoms with Crippen LogP contribution in [0.1, 0.15) is 18.9 Å². The van der Waals surface area contributed by atoms with Crippen molar-refractivity contribution in [1.82, 2.24) is 19.7 Å². The average molecular weight is 432 g/mol. The second-order valence-electron chi connectivity index (χ2n) is 5.85. The van der Waals surface area contributed by atoms with Crippen LogP contribution < -0.4 is 14.8 Å². The van der Waals surface area contributed by atoms with Crippen molar-refractivity contribution < 1.29 is 14.3 Å². The van der Waals surface area contributed by atoms with Crippen LogP contribution in [0.4, 0.5) is 5.13 Å². The Balaban J connectivity index is 1.68. The number of hydrogen-bond donors (Lipinski definition) is 1. The molecule has 1 N–H and O–H groups in total. The van der Waals surface area contributed by atoms with Gasteiger partial charge in [0.2, 0.25) is 5.91 Å². The van der Waals surface area contributed by atoms with Crippen molar-refractivity contribution in [2.75, 3.05) is 18.2 Å². The molecule has 1 atom stereocenters. The standard InChI is InChI=1S/C19H21N5O3S2/c1-4-9-24-17(13(2)27-15-7-5-6-14(11-15)26-3)22-23-19(24)29-12-16(25)21-18-20-8-10-28-18/h4-8,10-11,13H,1,9,12H2,2-3H3,(H,20,21,25). The topological polar surface area (TPSA) is 91.2 Å². The average Bonchev–Trinajstić information content (AvgIpc) is 3.37. The fourth-order valence-electron chi connectivity index (χ4n) is 2.51. The van der Waals surface area contributed by atoms with Crippen LogP contribution in [0.15, 0.2) is 53.7 Å². The van der Waals surface area contributed by atoms with Gasteiger partial charge in [-0.25, -0.2) is 4.98 Å². The first-order chi connectivity index (χ1) is 14.1. The lowest BCUT2D eigenvalue weighted by Crippen LogP contribution is -2.15. The van der Waals surface area contributed by atoms with Gasteiger partial charge in [-0.1, -0.05) is 23.9 Å². The van der Waals surface area contributed by atoms with Crippen molar-refractivity contribution in [3.8, 4) is 11.5 Å². The zero-order chi connectivity index (χ0) is 20.6. The van der Waals surface area contributed by atoms with E-state index in [4.69, 9.17) is 9.47 Å². The predicted octanol–water partition coefficient (Wildman–Crippen LogP) is 3.80. The first kappa shape index (κ1) is 20.9. The molecule has 0 aliphatic heterocycles. The highest BCUT2D eigenvalue weighted by Gasteiger charge is 2.20. The number of thioether (sulfide) groups is 1. The van der Waals surface area contributed by atoms with Crippen LogP contribution in [-0.4, -0.2) is 38.5 Å². The van der Waals surface area contributed by atoms with E-state index in [2.05, 4.69) is 27.1 Å². The number of rotatable bonds is 10. The lowest BCUT2D eigenvalue weighted by atomic mass is 10.3. The molecule has 0 bridgehead atoms. The van der Waals surface area contributed by atoms with Gasteiger partial charge < -0.3 is 14.8 Å². The van der Waals surface area contributed by atoms with Crippen LogP contribution in [0.5, 0.6) is 11.5 Å². The van der Waals surface area contributed by atoms with Crippen molar-refractivity contribution in [1.29, 1.82) is 0 Å². The highest BCUT2D eigenvalue weighted by Crippen LogP contribution is 2.27. The highest BCUT2D eigenvalue weighted by atomic mass is 32.2. The molecule has 0 spiro atoms. The van der Waals surface area contributed by atoms with E-state index in [1.54, 1.807) is 24.8 Å². The zero-order valence-electron chi connectivity index (χ0n) is 16.1. The first-order valence-corrected chi connectivity index (χ1v) is 10.6. The maximum Gasteiger partial charge on any atom is 0.236 e. The Morgan fingerprint density at radius 2 is 2.24 bits per heavy atom. The number of allylic oxidation sites excluding steroid dienone is 1. The predicted molar refractivity (Wildman–Crippen MR) is 114 cm³/mol. The molecule has 2 aromatic heterocycles. The van der Waals surface area contributed by atoms with Gasteiger partial charge in [0.15, 0.2) is 22.2 Å². The van der Waals surface area contributed by atoms with Crippen LogP contribution in [0.3, 0.4) is 0 Å². The molecule has 10 heteroatoms. The number of carbonyl (C=O) groups excluding carboxylic acids is 1. The summed E-state index contributed by atoms with van der Waals surface area (Å²) in [4.78, 5) is 16.2. The zero-order valence-corrected chi connectivity index (χ0v) is 17.7. The van der Waals surface area contributed by atoms with Crippen LogP contribution in [0.2, 0.25) is 0 Å². The molecule has 152 valence electrons. The van der Waals surface area contributed by atoms with Gasteiger partial charge in [-0.05, 0) is 19.1 Å². The maximum atomic E-state index is 12.1. The Labute approximate surface area is 177 Å². The maximum absolute atomic E-state index is 12.1. The van der Waals surface area contributed by atoms with Crippen LogP contribution in [0.25, 0.3) is 0 Å². The number of benzene rings is 1. The number of hydrogen-bond acceptors (Lipinski definition) is 8. The fourth-order valence-corrected chi connectivity index (χ4v) is 3.81. The quantitative estimate of drug-likeness (QED) is 0.386. The third kappa shape index (κ3) is 5.58. The van der Waals surface area contributed by atoms with E-state index in [1.165, 1.54) is 23.1 Å². The van der Waals surface area contributed by atoms with Crippen LogP contribution in [0, 0.1) is 0 Å². The van der Waals surface area contributed by atoms with Crippen molar-refractivity contribution in [2.24, 2.45) is 0 Å². The van der Waals surface area contributed by atoms with Crippen molar-refractivity contribution >= 4 is 34.1 Å². The third-order valence-corrected chi connectivity index (χ3v) is 5.44. The van der Waals surface area contributed by atoms with E-state index >= 15 is 0 Å². The Kier molecular flexibility index (Phi) is 7.25. The molecule has 1 aromatic carbocycles. The summed E-state index contributed by atoms with van der Waals surface area (Å²) >= 11 is 2.67. The molecule has 3 rings (SSSR count). The largest absolute Gasteiger partial charge is 0.497 e. The van der Waals surface area contributed by atoms with Gasteiger partial charge >= 0.3 is 0 Å². The van der Waals surface area contributed by atoms with E-state index in [0.717, 1.165) is 0 Å². The third-order valence-electron chi connectivity index (χ3n) is 3.79. The summed E-state index contributed by atoms with van der Waals surface area (Å²) in [5, 5.41) is 14.3. The highest BCUT2D eigenvalue weighted by molar-refractivity contribution is 7.99. The minimum absolute atomic E-state index is 0.152. The number of nitrogens with one attached hydrogen (secondary N) is 1. The van der Waals surface area contributed by atoms with E-state index in [-0.39, 0.29) is 17.8 Å². The summed E-state index contributed by atoms with van der Waals surface area (Å²) in [6.45, 7) is 6.20. The summed E-state index contributed by atoms with van der Waals surface area (Å²) < 4.78 is 13.1. The molecule has 0 aliphatic carbocycles. The SMILES string of the molecule is C=CCn1c(SCC(=O)Nc2nccs2)nnc1C(C)Oc1cccc(OC)c1. The van der Waals surface area contributed by atoms with E-state index in [0.29, 0.717) is 34.2 Å². The van der Waals surface area contributed by atoms with Crippen molar-refractivity contribution in [2.45, 2.75) is 24.7 Å². The monoisotopic (exact) mass is 431 g/mol. The van der Waals surface area contributed by atoms with Gasteiger partial charge in [0.05, 0.1) is 12.9 Å². The molecule has 0 radical (unpaired) electrons. The molecule has 1 unspecified atom stereocenters. The number of thiazole rings is 1. The van der Waals surface area contributed by atoms with Crippen LogP contribution >= 0.6 is 23.1 Å². The van der Waals surface area contributed by atoms with E-state index < -0.39 is 0 Å². The Morgan fingerprint density at radius 1 is 1.41 bits per heavy atom. The number of ether oxygens (including phenoxy) is 2. The summed E-state index contributed by atoms with van der Waals surface area (Å²) in [5.74, 6) is 2.07. The minimum atomic E-state index is -0.354. The van der Waals surface area contributed by atoms with E-state index in [9.17, 15) is 4.79 Å². The second kappa shape index (κ2) is 10.1. The number of aromatic nitrogens is 4. The van der Waals surface area contributed by atoms with Crippen LogP contribution in [-0.2, 0) is 11.3 Å². The Bertz CT molecular complexity index is 959. The number of amides is 1. The summed E-state index contributed by atoms with van der Waals surface area (Å²) in [7, 11) is 1.61. The molecule has 3 aromatic rings. The molecule has 0 saturated heterocycles. The minimum Gasteiger partial charge on any atom is -0.497 e. The van der Waals surface area contributed by atoms with Crippen molar-refractivity contribution in [3.05, 3.63) is 54.3 Å². The lowest BCUT2D eigenvalue weighted by molar-refractivity contribution is -0.113. The van der Waals surface area contributed by atoms with Gasteiger partial charge in [-0.15, -0.1) is 28.1 Å². The summed E-state index contributed by atoms with van der Waals surface area (Å²) in [6.07, 6.45) is 3.04. The number of methoxy groups -OCH3 is 1. The molecule has 2 heterocycles. The summed E-state index contributed by atoms with van der Waals surface area (Å²) in [6, 6.07) is 7.37. The Hall–Kier alpha value is -2.85. The molecule has 8 nitrogen and oxygen atoms in total. The van der Waals surface area contributed by atoms with Crippen molar-refractivity contribution in [3.63, 3.8) is 0 Å². The number of anilines is 1. The van der Waals surface area contributed by atoms with Gasteiger partial charge in [-0.3, -0.25) is 9.36 Å². The first-order valence-electron chi connectivity index (χ1n) is 8.77. The molecule has 29 heavy (non-hydrogen) atoms. The van der Waals surface area contributed by atoms with E-state index in [1.807, 2.05) is 35.8 Å². The lowest BCUT2D eigenvalue weighted by Gasteiger charge is -2.16. The smallest absolute Gasteiger partial charge is 0.236 e. The molecule has 0 fully saturated rings. The molecule has 0 saturated carbocycles. The summed E-state index contributed by atoms with van der Waals surface area (Å²) in [5.41, 5.74) is 0. The normalized spacial score (nSPS) is 11.7.